The fourth-order valence-corrected chi connectivity index (χ4v) is 2.76. The first kappa shape index (κ1) is 14.0. The molecule has 0 aromatic carbocycles. The van der Waals surface area contributed by atoms with Gasteiger partial charge in [0.1, 0.15) is 4.60 Å². The molecule has 4 heteroatoms. The van der Waals surface area contributed by atoms with Crippen LogP contribution in [0.15, 0.2) is 22.9 Å². The average molecular weight is 312 g/mol. The van der Waals surface area contributed by atoms with Crippen molar-refractivity contribution in [2.75, 3.05) is 26.2 Å². The molecule has 1 aromatic heterocycles. The van der Waals surface area contributed by atoms with Gasteiger partial charge in [0.25, 0.3) is 0 Å². The van der Waals surface area contributed by atoms with Crippen molar-refractivity contribution in [2.24, 2.45) is 5.92 Å². The third-order valence-corrected chi connectivity index (χ3v) is 3.89. The summed E-state index contributed by atoms with van der Waals surface area (Å²) >= 11 is 3.41. The largest absolute Gasteiger partial charge is 0.314 e. The number of hydrogen-bond acceptors (Lipinski definition) is 3. The minimum Gasteiger partial charge on any atom is -0.314 e. The Labute approximate surface area is 118 Å². The van der Waals surface area contributed by atoms with E-state index in [1.807, 2.05) is 12.3 Å². The smallest absolute Gasteiger partial charge is 0.106 e. The van der Waals surface area contributed by atoms with E-state index in [-0.39, 0.29) is 0 Å². The highest BCUT2D eigenvalue weighted by Crippen LogP contribution is 2.28. The van der Waals surface area contributed by atoms with Crippen molar-refractivity contribution >= 4 is 15.9 Å². The lowest BCUT2D eigenvalue weighted by Gasteiger charge is -2.36. The van der Waals surface area contributed by atoms with Gasteiger partial charge in [0.2, 0.25) is 0 Å². The number of nitrogens with one attached hydrogen (secondary N) is 1. The summed E-state index contributed by atoms with van der Waals surface area (Å²) in [7, 11) is 0. The maximum absolute atomic E-state index is 4.38. The number of nitrogens with zero attached hydrogens (tertiary/aromatic N) is 2. The van der Waals surface area contributed by atoms with E-state index in [0.29, 0.717) is 12.0 Å². The van der Waals surface area contributed by atoms with E-state index in [9.17, 15) is 0 Å². The van der Waals surface area contributed by atoms with Crippen molar-refractivity contribution in [3.8, 4) is 0 Å². The van der Waals surface area contributed by atoms with Crippen LogP contribution in [0.4, 0.5) is 0 Å². The Balaban J connectivity index is 2.15. The normalized spacial score (nSPS) is 19.1. The summed E-state index contributed by atoms with van der Waals surface area (Å²) in [5.41, 5.74) is 1.34. The number of aromatic nitrogens is 1. The maximum atomic E-state index is 4.38. The standard InChI is InChI=1S/C14H22BrN3/c1-11(2)9-13(18-7-5-16-6-8-18)12-3-4-14(15)17-10-12/h3-4,10-11,13,16H,5-9H2,1-2H3/t13-/m0/s1. The highest BCUT2D eigenvalue weighted by atomic mass is 79.9. The van der Waals surface area contributed by atoms with Gasteiger partial charge in [-0.2, -0.15) is 0 Å². The number of rotatable bonds is 4. The molecule has 1 aliphatic heterocycles. The van der Waals surface area contributed by atoms with Gasteiger partial charge in [0, 0.05) is 38.4 Å². The molecule has 2 rings (SSSR count). The Morgan fingerprint density at radius 3 is 2.61 bits per heavy atom. The first-order valence-corrected chi connectivity index (χ1v) is 7.52. The lowest BCUT2D eigenvalue weighted by molar-refractivity contribution is 0.154. The Hall–Kier alpha value is -0.450. The van der Waals surface area contributed by atoms with Gasteiger partial charge in [-0.1, -0.05) is 19.9 Å². The monoisotopic (exact) mass is 311 g/mol. The van der Waals surface area contributed by atoms with Crippen molar-refractivity contribution in [1.82, 2.24) is 15.2 Å². The molecule has 1 atom stereocenters. The Kier molecular flexibility index (Phi) is 5.15. The Bertz CT molecular complexity index is 358. The minimum absolute atomic E-state index is 0.507. The van der Waals surface area contributed by atoms with Gasteiger partial charge >= 0.3 is 0 Å². The number of hydrogen-bond donors (Lipinski definition) is 1. The fourth-order valence-electron chi connectivity index (χ4n) is 2.52. The van der Waals surface area contributed by atoms with Crippen LogP contribution >= 0.6 is 15.9 Å². The molecule has 0 spiro atoms. The van der Waals surface area contributed by atoms with Crippen molar-refractivity contribution < 1.29 is 0 Å². The molecule has 1 fully saturated rings. The number of piperazine rings is 1. The van der Waals surface area contributed by atoms with E-state index in [1.165, 1.54) is 12.0 Å². The molecule has 0 amide bonds. The molecule has 1 aromatic rings. The van der Waals surface area contributed by atoms with Crippen LogP contribution in [0.2, 0.25) is 0 Å². The summed E-state index contributed by atoms with van der Waals surface area (Å²) in [6, 6.07) is 4.75. The molecule has 0 aliphatic carbocycles. The summed E-state index contributed by atoms with van der Waals surface area (Å²) in [6.45, 7) is 9.04. The molecule has 3 nitrogen and oxygen atoms in total. The molecule has 0 unspecified atom stereocenters. The van der Waals surface area contributed by atoms with Crippen molar-refractivity contribution in [1.29, 1.82) is 0 Å². The summed E-state index contributed by atoms with van der Waals surface area (Å²) in [5, 5.41) is 3.42. The first-order valence-electron chi connectivity index (χ1n) is 6.73. The third kappa shape index (κ3) is 3.77. The van der Waals surface area contributed by atoms with Gasteiger partial charge in [-0.25, -0.2) is 4.98 Å². The van der Waals surface area contributed by atoms with Gasteiger partial charge in [0.15, 0.2) is 0 Å². The average Bonchev–Trinajstić information content (AvgIpc) is 2.38. The summed E-state index contributed by atoms with van der Waals surface area (Å²) in [6.07, 6.45) is 3.21. The molecule has 100 valence electrons. The second-order valence-corrected chi connectivity index (χ2v) is 6.16. The molecular weight excluding hydrogens is 290 g/mol. The molecule has 1 N–H and O–H groups in total. The van der Waals surface area contributed by atoms with Gasteiger partial charge < -0.3 is 5.32 Å². The molecule has 1 aliphatic rings. The zero-order valence-electron chi connectivity index (χ0n) is 11.2. The van der Waals surface area contributed by atoms with Crippen molar-refractivity contribution in [3.63, 3.8) is 0 Å². The topological polar surface area (TPSA) is 28.2 Å². The third-order valence-electron chi connectivity index (χ3n) is 3.42. The van der Waals surface area contributed by atoms with Gasteiger partial charge in [-0.15, -0.1) is 0 Å². The second-order valence-electron chi connectivity index (χ2n) is 5.35. The zero-order valence-corrected chi connectivity index (χ0v) is 12.8. The van der Waals surface area contributed by atoms with E-state index in [0.717, 1.165) is 30.8 Å². The SMILES string of the molecule is CC(C)C[C@@H](c1ccc(Br)nc1)N1CCNCC1. The maximum Gasteiger partial charge on any atom is 0.106 e. The van der Waals surface area contributed by atoms with E-state index in [1.54, 1.807) is 0 Å². The van der Waals surface area contributed by atoms with Crippen molar-refractivity contribution in [3.05, 3.63) is 28.5 Å². The molecule has 0 bridgehead atoms. The fraction of sp³-hybridized carbons (Fsp3) is 0.643. The highest BCUT2D eigenvalue weighted by Gasteiger charge is 2.23. The van der Waals surface area contributed by atoms with Gasteiger partial charge in [-0.3, -0.25) is 4.90 Å². The van der Waals surface area contributed by atoms with Gasteiger partial charge in [0.05, 0.1) is 0 Å². The van der Waals surface area contributed by atoms with Crippen LogP contribution in [0.5, 0.6) is 0 Å². The minimum atomic E-state index is 0.507. The predicted molar refractivity (Wildman–Crippen MR) is 78.6 cm³/mol. The van der Waals surface area contributed by atoms with Gasteiger partial charge in [-0.05, 0) is 39.9 Å². The van der Waals surface area contributed by atoms with Crippen LogP contribution in [0, 0.1) is 5.92 Å². The molecule has 0 saturated carbocycles. The number of pyridine rings is 1. The second kappa shape index (κ2) is 6.64. The quantitative estimate of drug-likeness (QED) is 0.867. The Morgan fingerprint density at radius 1 is 1.33 bits per heavy atom. The molecule has 2 heterocycles. The summed E-state index contributed by atoms with van der Waals surface area (Å²) in [5.74, 6) is 0.702. The lowest BCUT2D eigenvalue weighted by Crippen LogP contribution is -2.45. The first-order chi connectivity index (χ1) is 8.66. The van der Waals surface area contributed by atoms with E-state index < -0.39 is 0 Å². The van der Waals surface area contributed by atoms with Crippen LogP contribution in [0.3, 0.4) is 0 Å². The van der Waals surface area contributed by atoms with E-state index in [2.05, 4.69) is 51.0 Å². The van der Waals surface area contributed by atoms with Crippen molar-refractivity contribution in [2.45, 2.75) is 26.3 Å². The summed E-state index contributed by atoms with van der Waals surface area (Å²) in [4.78, 5) is 6.96. The highest BCUT2D eigenvalue weighted by molar-refractivity contribution is 9.10. The Morgan fingerprint density at radius 2 is 2.06 bits per heavy atom. The number of halogens is 1. The van der Waals surface area contributed by atoms with E-state index in [4.69, 9.17) is 0 Å². The van der Waals surface area contributed by atoms with E-state index >= 15 is 0 Å². The molecule has 18 heavy (non-hydrogen) atoms. The van der Waals surface area contributed by atoms with Crippen LogP contribution in [0.25, 0.3) is 0 Å². The summed E-state index contributed by atoms with van der Waals surface area (Å²) < 4.78 is 0.912. The molecular formula is C14H22BrN3. The lowest BCUT2D eigenvalue weighted by atomic mass is 9.96. The predicted octanol–water partition coefficient (Wildman–Crippen LogP) is 2.84. The molecule has 1 saturated heterocycles. The van der Waals surface area contributed by atoms with Crippen LogP contribution in [-0.4, -0.2) is 36.1 Å². The van der Waals surface area contributed by atoms with Crippen LogP contribution < -0.4 is 5.32 Å². The van der Waals surface area contributed by atoms with Crippen LogP contribution in [-0.2, 0) is 0 Å². The van der Waals surface area contributed by atoms with Crippen LogP contribution in [0.1, 0.15) is 31.9 Å². The molecule has 0 radical (unpaired) electrons. The zero-order chi connectivity index (χ0) is 13.0.